The van der Waals surface area contributed by atoms with Gasteiger partial charge in [-0.3, -0.25) is 4.79 Å². The van der Waals surface area contributed by atoms with Crippen LogP contribution in [0.4, 0.5) is 10.1 Å². The van der Waals surface area contributed by atoms with Crippen LogP contribution in [0, 0.1) is 12.7 Å². The zero-order valence-electron chi connectivity index (χ0n) is 18.5. The number of hydrogen-bond acceptors (Lipinski definition) is 7. The molecule has 1 atom stereocenters. The summed E-state index contributed by atoms with van der Waals surface area (Å²) in [5, 5.41) is 2.98. The minimum absolute atomic E-state index is 0.0248. The highest BCUT2D eigenvalue weighted by atomic mass is 32.2. The van der Waals surface area contributed by atoms with E-state index in [9.17, 15) is 22.4 Å². The maximum atomic E-state index is 13.9. The van der Waals surface area contributed by atoms with Gasteiger partial charge in [-0.05, 0) is 38.1 Å². The molecule has 3 aromatic rings. The number of halogens is 1. The number of ether oxygens (including phenoxy) is 2. The molecule has 34 heavy (non-hydrogen) atoms. The van der Waals surface area contributed by atoms with Gasteiger partial charge in [0.1, 0.15) is 0 Å². The number of benzene rings is 2. The van der Waals surface area contributed by atoms with Crippen molar-refractivity contribution in [2.24, 2.45) is 0 Å². The molecule has 1 N–H and O–H groups in total. The molecule has 1 fully saturated rings. The molecule has 0 radical (unpaired) electrons. The second-order valence-electron chi connectivity index (χ2n) is 7.75. The summed E-state index contributed by atoms with van der Waals surface area (Å²) in [5.74, 6) is -2.40. The summed E-state index contributed by atoms with van der Waals surface area (Å²) in [6.45, 7) is 4.08. The van der Waals surface area contributed by atoms with Gasteiger partial charge < -0.3 is 19.2 Å². The first-order valence-corrected chi connectivity index (χ1v) is 12.0. The molecule has 180 valence electrons. The third-order valence-corrected chi connectivity index (χ3v) is 7.36. The molecule has 0 spiro atoms. The number of aryl methyl sites for hydroxylation is 1. The molecule has 0 aliphatic carbocycles. The first kappa shape index (κ1) is 23.9. The van der Waals surface area contributed by atoms with Crippen molar-refractivity contribution in [2.75, 3.05) is 31.6 Å². The summed E-state index contributed by atoms with van der Waals surface area (Å²) >= 11 is 0. The van der Waals surface area contributed by atoms with Gasteiger partial charge in [0.15, 0.2) is 17.5 Å². The molecule has 0 bridgehead atoms. The van der Waals surface area contributed by atoms with Crippen molar-refractivity contribution in [2.45, 2.75) is 24.8 Å². The maximum Gasteiger partial charge on any atom is 0.375 e. The standard InChI is InChI=1S/C23H23FN2O7S/c1-14-18-7-4-8-19(24)21(18)33-20(14)23(28)32-15(2)22(27)25-16-5-3-6-17(13-16)34(29,30)26-9-11-31-12-10-26/h3-8,13,15H,9-12H2,1-2H3,(H,25,27). The zero-order chi connectivity index (χ0) is 24.5. The SMILES string of the molecule is Cc1c(C(=O)OC(C)C(=O)Nc2cccc(S(=O)(=O)N3CCOCC3)c2)oc2c(F)cccc12. The highest BCUT2D eigenvalue weighted by molar-refractivity contribution is 7.89. The van der Waals surface area contributed by atoms with Gasteiger partial charge in [-0.2, -0.15) is 4.31 Å². The number of carbonyl (C=O) groups is 2. The number of hydrogen-bond donors (Lipinski definition) is 1. The molecular formula is C23H23FN2O7S. The van der Waals surface area contributed by atoms with E-state index in [0.29, 0.717) is 24.2 Å². The molecule has 0 saturated carbocycles. The number of sulfonamides is 1. The van der Waals surface area contributed by atoms with Crippen LogP contribution < -0.4 is 5.32 Å². The molecule has 1 unspecified atom stereocenters. The molecule has 1 saturated heterocycles. The number of morpholine rings is 1. The van der Waals surface area contributed by atoms with Crippen LogP contribution in [0.25, 0.3) is 11.0 Å². The van der Waals surface area contributed by atoms with E-state index in [4.69, 9.17) is 13.9 Å². The fourth-order valence-electron chi connectivity index (χ4n) is 3.59. The summed E-state index contributed by atoms with van der Waals surface area (Å²) in [6, 6.07) is 10.1. The number of esters is 1. The van der Waals surface area contributed by atoms with E-state index in [1.165, 1.54) is 47.6 Å². The Morgan fingerprint density at radius 1 is 1.15 bits per heavy atom. The number of amides is 1. The van der Waals surface area contributed by atoms with Crippen LogP contribution in [-0.4, -0.2) is 57.0 Å². The van der Waals surface area contributed by atoms with Crippen LogP contribution >= 0.6 is 0 Å². The van der Waals surface area contributed by atoms with E-state index in [-0.39, 0.29) is 35.0 Å². The van der Waals surface area contributed by atoms with Gasteiger partial charge in [-0.25, -0.2) is 17.6 Å². The Morgan fingerprint density at radius 2 is 1.85 bits per heavy atom. The largest absolute Gasteiger partial charge is 0.447 e. The van der Waals surface area contributed by atoms with E-state index in [0.717, 1.165) is 0 Å². The normalized spacial score (nSPS) is 15.7. The summed E-state index contributed by atoms with van der Waals surface area (Å²) in [4.78, 5) is 25.2. The van der Waals surface area contributed by atoms with E-state index < -0.39 is 33.8 Å². The summed E-state index contributed by atoms with van der Waals surface area (Å²) in [5.41, 5.74) is 0.555. The molecule has 9 nitrogen and oxygen atoms in total. The van der Waals surface area contributed by atoms with Gasteiger partial charge in [0.25, 0.3) is 5.91 Å². The Balaban J connectivity index is 1.45. The topological polar surface area (TPSA) is 115 Å². The number of para-hydroxylation sites is 1. The van der Waals surface area contributed by atoms with E-state index in [2.05, 4.69) is 5.32 Å². The van der Waals surface area contributed by atoms with Crippen molar-refractivity contribution >= 4 is 38.6 Å². The van der Waals surface area contributed by atoms with Crippen LogP contribution in [-0.2, 0) is 24.3 Å². The van der Waals surface area contributed by atoms with Crippen molar-refractivity contribution in [1.82, 2.24) is 4.31 Å². The predicted molar refractivity (Wildman–Crippen MR) is 120 cm³/mol. The summed E-state index contributed by atoms with van der Waals surface area (Å²) < 4.78 is 56.7. The maximum absolute atomic E-state index is 13.9. The van der Waals surface area contributed by atoms with E-state index in [1.54, 1.807) is 13.0 Å². The molecule has 1 aliphatic rings. The van der Waals surface area contributed by atoms with Crippen LogP contribution in [0.2, 0.25) is 0 Å². The number of anilines is 1. The molecule has 2 heterocycles. The van der Waals surface area contributed by atoms with Gasteiger partial charge in [0.2, 0.25) is 15.8 Å². The van der Waals surface area contributed by atoms with Crippen molar-refractivity contribution in [1.29, 1.82) is 0 Å². The van der Waals surface area contributed by atoms with Crippen molar-refractivity contribution in [3.8, 4) is 0 Å². The Hall–Kier alpha value is -3.28. The lowest BCUT2D eigenvalue weighted by atomic mass is 10.1. The lowest BCUT2D eigenvalue weighted by Crippen LogP contribution is -2.40. The average molecular weight is 491 g/mol. The highest BCUT2D eigenvalue weighted by Crippen LogP contribution is 2.28. The van der Waals surface area contributed by atoms with Crippen LogP contribution in [0.5, 0.6) is 0 Å². The molecule has 11 heteroatoms. The fourth-order valence-corrected chi connectivity index (χ4v) is 5.04. The third kappa shape index (κ3) is 4.67. The first-order valence-electron chi connectivity index (χ1n) is 10.6. The first-order chi connectivity index (χ1) is 16.2. The van der Waals surface area contributed by atoms with Crippen LogP contribution in [0.3, 0.4) is 0 Å². The zero-order valence-corrected chi connectivity index (χ0v) is 19.4. The number of nitrogens with zero attached hydrogens (tertiary/aromatic N) is 1. The third-order valence-electron chi connectivity index (χ3n) is 5.46. The summed E-state index contributed by atoms with van der Waals surface area (Å²) in [6.07, 6.45) is -1.23. The Morgan fingerprint density at radius 3 is 2.56 bits per heavy atom. The Bertz CT molecular complexity index is 1350. The molecule has 1 amide bonds. The number of carbonyl (C=O) groups excluding carboxylic acids is 2. The van der Waals surface area contributed by atoms with E-state index >= 15 is 0 Å². The van der Waals surface area contributed by atoms with Crippen LogP contribution in [0.1, 0.15) is 23.0 Å². The second kappa shape index (κ2) is 9.53. The lowest BCUT2D eigenvalue weighted by Gasteiger charge is -2.26. The quantitative estimate of drug-likeness (QED) is 0.528. The summed E-state index contributed by atoms with van der Waals surface area (Å²) in [7, 11) is -3.74. The smallest absolute Gasteiger partial charge is 0.375 e. The molecule has 1 aromatic heterocycles. The predicted octanol–water partition coefficient (Wildman–Crippen LogP) is 3.09. The average Bonchev–Trinajstić information content (AvgIpc) is 3.17. The van der Waals surface area contributed by atoms with Gasteiger partial charge in [0, 0.05) is 29.7 Å². The minimum Gasteiger partial charge on any atom is -0.447 e. The van der Waals surface area contributed by atoms with Gasteiger partial charge >= 0.3 is 5.97 Å². The van der Waals surface area contributed by atoms with Gasteiger partial charge in [-0.15, -0.1) is 0 Å². The fraction of sp³-hybridized carbons (Fsp3) is 0.304. The Labute approximate surface area is 195 Å². The highest BCUT2D eigenvalue weighted by Gasteiger charge is 2.28. The monoisotopic (exact) mass is 490 g/mol. The number of rotatable bonds is 6. The minimum atomic E-state index is -3.74. The van der Waals surface area contributed by atoms with Gasteiger partial charge in [-0.1, -0.05) is 18.2 Å². The van der Waals surface area contributed by atoms with Gasteiger partial charge in [0.05, 0.1) is 18.1 Å². The molecular weight excluding hydrogens is 467 g/mol. The number of furan rings is 1. The molecule has 1 aliphatic heterocycles. The number of fused-ring (bicyclic) bond motifs is 1. The molecule has 4 rings (SSSR count). The van der Waals surface area contributed by atoms with Crippen LogP contribution in [0.15, 0.2) is 51.8 Å². The Kier molecular flexibility index (Phi) is 6.69. The lowest BCUT2D eigenvalue weighted by molar-refractivity contribution is -0.123. The van der Waals surface area contributed by atoms with Crippen molar-refractivity contribution < 1.29 is 36.3 Å². The van der Waals surface area contributed by atoms with Crippen molar-refractivity contribution in [3.63, 3.8) is 0 Å². The van der Waals surface area contributed by atoms with E-state index in [1.807, 2.05) is 0 Å². The second-order valence-corrected chi connectivity index (χ2v) is 9.69. The van der Waals surface area contributed by atoms with Crippen molar-refractivity contribution in [3.05, 3.63) is 59.6 Å². The number of nitrogens with one attached hydrogen (secondary N) is 1. The molecule has 2 aromatic carbocycles.